The summed E-state index contributed by atoms with van der Waals surface area (Å²) in [5, 5.41) is 2.39. The van der Waals surface area contributed by atoms with E-state index in [1.165, 1.54) is 341 Å². The van der Waals surface area contributed by atoms with E-state index < -0.39 is 0 Å². The van der Waals surface area contributed by atoms with Crippen LogP contribution >= 0.6 is 91.0 Å². The molecule has 0 aromatic carbocycles. The average molecular weight is 1400 g/mol. The highest BCUT2D eigenvalue weighted by Gasteiger charge is 2.26. The van der Waals surface area contributed by atoms with Crippen molar-refractivity contribution in [2.45, 2.75) is 363 Å². The number of hydrogen-bond donors (Lipinski definition) is 0. The van der Waals surface area contributed by atoms with Crippen LogP contribution in [0.1, 0.15) is 357 Å². The van der Waals surface area contributed by atoms with Crippen LogP contribution in [0, 0.1) is 0 Å². The Morgan fingerprint density at radius 3 is 0.674 bits per heavy atom. The third-order valence-corrected chi connectivity index (χ3v) is 28.9. The molecule has 0 saturated heterocycles. The Morgan fingerprint density at radius 2 is 0.413 bits per heavy atom. The summed E-state index contributed by atoms with van der Waals surface area (Å²) >= 11 is 21.8. The fourth-order valence-electron chi connectivity index (χ4n) is 13.8. The fraction of sp³-hybridized carbons (Fsp3) is 0.667. The summed E-state index contributed by atoms with van der Waals surface area (Å²) in [4.78, 5) is 18.3. The lowest BCUT2D eigenvalue weighted by atomic mass is 10.0. The first-order chi connectivity index (χ1) is 45.3. The maximum atomic E-state index is 7.25. The minimum Gasteiger partial charge on any atom is -0.143 e. The third-order valence-electron chi connectivity index (χ3n) is 19.5. The molecule has 8 heteroatoms. The second-order valence-corrected chi connectivity index (χ2v) is 35.5. The van der Waals surface area contributed by atoms with Gasteiger partial charge in [0, 0.05) is 58.5 Å². The smallest absolute Gasteiger partial charge is 0.0967 e. The van der Waals surface area contributed by atoms with Crippen LogP contribution < -0.4 is 0 Å². The van der Waals surface area contributed by atoms with Crippen molar-refractivity contribution in [3.8, 4) is 58.5 Å². The zero-order valence-corrected chi connectivity index (χ0v) is 66.0. The van der Waals surface area contributed by atoms with Crippen LogP contribution in [-0.2, 0) is 44.9 Å². The number of thiophene rings is 7. The Labute approximate surface area is 598 Å². The molecule has 512 valence electrons. The Hall–Kier alpha value is -1.81. The van der Waals surface area contributed by atoms with Crippen molar-refractivity contribution < 1.29 is 0 Å². The molecule has 0 spiro atoms. The standard InChI is InChI=1S/C84H127ClS7/c1-8-15-22-29-36-43-50-65-57-58-86-78(65)72-59-66(51-44-37-30-23-16-9-2)79(87-72)73-60-67(52-45-38-31-24-17-10-3)80(88-73)74-61-68(53-46-39-32-25-18-11-4)81(89-74)75-62-69(54-47-40-33-26-19-12-5)82(90-75)76-63-70(55-48-41-34-27-20-13-6)83(91-76)77-64-71(84(85)92-77)56-49-42-35-28-21-14-7/h57-64H,8-56H2,1-7H3. The summed E-state index contributed by atoms with van der Waals surface area (Å²) in [6.45, 7) is 16.4. The first kappa shape index (κ1) is 77.5. The summed E-state index contributed by atoms with van der Waals surface area (Å²) < 4.78 is 1.02. The van der Waals surface area contributed by atoms with Gasteiger partial charge in [-0.05, 0) is 177 Å². The summed E-state index contributed by atoms with van der Waals surface area (Å²) in [6.07, 6.45) is 64.3. The van der Waals surface area contributed by atoms with E-state index in [0.717, 1.165) is 17.2 Å². The van der Waals surface area contributed by atoms with Crippen molar-refractivity contribution in [3.05, 3.63) is 91.1 Å². The van der Waals surface area contributed by atoms with Gasteiger partial charge < -0.3 is 0 Å². The van der Waals surface area contributed by atoms with E-state index >= 15 is 0 Å². The predicted molar refractivity (Wildman–Crippen MR) is 429 cm³/mol. The molecule has 0 atom stereocenters. The van der Waals surface area contributed by atoms with Gasteiger partial charge in [-0.1, -0.05) is 285 Å². The zero-order chi connectivity index (χ0) is 64.8. The molecule has 0 nitrogen and oxygen atoms in total. The van der Waals surface area contributed by atoms with Gasteiger partial charge in [0.15, 0.2) is 0 Å². The van der Waals surface area contributed by atoms with E-state index in [1.807, 2.05) is 22.7 Å². The number of unbranched alkanes of at least 4 members (excludes halogenated alkanes) is 35. The lowest BCUT2D eigenvalue weighted by Gasteiger charge is -2.03. The summed E-state index contributed by atoms with van der Waals surface area (Å²) in [7, 11) is 0. The summed E-state index contributed by atoms with van der Waals surface area (Å²) in [6, 6.07) is 18.5. The minimum absolute atomic E-state index is 1.02. The Balaban J connectivity index is 1.31. The fourth-order valence-corrected chi connectivity index (χ4v) is 23.0. The number of rotatable bonds is 55. The van der Waals surface area contributed by atoms with Crippen molar-refractivity contribution in [2.75, 3.05) is 0 Å². The molecule has 7 aromatic rings. The highest BCUT2D eigenvalue weighted by atomic mass is 35.5. The van der Waals surface area contributed by atoms with Crippen molar-refractivity contribution >= 4 is 91.0 Å². The number of aryl methyl sites for hydroxylation is 7. The molecule has 7 heterocycles. The monoisotopic (exact) mass is 1390 g/mol. The molecule has 0 radical (unpaired) electrons. The quantitative estimate of drug-likeness (QED) is 0.0333. The number of hydrogen-bond acceptors (Lipinski definition) is 7. The molecule has 7 aromatic heterocycles. The molecule has 7 rings (SSSR count). The van der Waals surface area contributed by atoms with Gasteiger partial charge in [0.25, 0.3) is 0 Å². The first-order valence-electron chi connectivity index (χ1n) is 38.8. The molecule has 0 aliphatic rings. The van der Waals surface area contributed by atoms with E-state index in [2.05, 4.69) is 153 Å². The third kappa shape index (κ3) is 26.1. The van der Waals surface area contributed by atoms with Crippen LogP contribution in [0.25, 0.3) is 58.5 Å². The van der Waals surface area contributed by atoms with Crippen LogP contribution in [0.4, 0.5) is 0 Å². The molecule has 0 saturated carbocycles. The largest absolute Gasteiger partial charge is 0.143 e. The first-order valence-corrected chi connectivity index (χ1v) is 45.0. The lowest BCUT2D eigenvalue weighted by Crippen LogP contribution is -1.88. The van der Waals surface area contributed by atoms with Gasteiger partial charge in [-0.3, -0.25) is 0 Å². The van der Waals surface area contributed by atoms with Gasteiger partial charge in [-0.15, -0.1) is 79.4 Å². The molecular formula is C84H127ClS7. The molecule has 0 unspecified atom stereocenters. The van der Waals surface area contributed by atoms with Crippen LogP contribution in [0.5, 0.6) is 0 Å². The van der Waals surface area contributed by atoms with Crippen molar-refractivity contribution in [3.63, 3.8) is 0 Å². The molecule has 0 N–H and O–H groups in total. The molecule has 0 amide bonds. The average Bonchev–Trinajstić information content (AvgIpc) is 1.63. The van der Waals surface area contributed by atoms with Gasteiger partial charge in [0.05, 0.1) is 4.34 Å². The topological polar surface area (TPSA) is 0 Å². The normalized spacial score (nSPS) is 11.9. The van der Waals surface area contributed by atoms with Crippen LogP contribution in [0.15, 0.2) is 47.8 Å². The molecule has 0 bridgehead atoms. The van der Waals surface area contributed by atoms with E-state index in [9.17, 15) is 0 Å². The molecule has 0 aliphatic carbocycles. The molecule has 92 heavy (non-hydrogen) atoms. The highest BCUT2D eigenvalue weighted by molar-refractivity contribution is 7.31. The molecule has 0 fully saturated rings. The van der Waals surface area contributed by atoms with E-state index in [-0.39, 0.29) is 0 Å². The Kier molecular flexibility index (Phi) is 39.2. The van der Waals surface area contributed by atoms with Gasteiger partial charge in [0.2, 0.25) is 0 Å². The zero-order valence-electron chi connectivity index (χ0n) is 59.5. The van der Waals surface area contributed by atoms with Gasteiger partial charge in [-0.25, -0.2) is 0 Å². The van der Waals surface area contributed by atoms with E-state index in [0.29, 0.717) is 0 Å². The molecule has 0 aliphatic heterocycles. The van der Waals surface area contributed by atoms with Crippen molar-refractivity contribution in [2.24, 2.45) is 0 Å². The van der Waals surface area contributed by atoms with E-state index in [4.69, 9.17) is 11.6 Å². The van der Waals surface area contributed by atoms with Gasteiger partial charge in [0.1, 0.15) is 0 Å². The van der Waals surface area contributed by atoms with Gasteiger partial charge in [-0.2, -0.15) is 0 Å². The van der Waals surface area contributed by atoms with Crippen LogP contribution in [-0.4, -0.2) is 0 Å². The van der Waals surface area contributed by atoms with Crippen LogP contribution in [0.3, 0.4) is 0 Å². The predicted octanol–water partition coefficient (Wildman–Crippen LogP) is 33.1. The summed E-state index contributed by atoms with van der Waals surface area (Å²) in [5.74, 6) is 0. The summed E-state index contributed by atoms with van der Waals surface area (Å²) in [5.41, 5.74) is 11.0. The van der Waals surface area contributed by atoms with Crippen LogP contribution in [0.2, 0.25) is 4.34 Å². The minimum atomic E-state index is 1.02. The molecular weight excluding hydrogens is 1270 g/mol. The highest BCUT2D eigenvalue weighted by Crippen LogP contribution is 2.53. The van der Waals surface area contributed by atoms with Crippen molar-refractivity contribution in [1.29, 1.82) is 0 Å². The second-order valence-electron chi connectivity index (χ2n) is 27.6. The SMILES string of the molecule is CCCCCCCCc1cc(-c2sc(-c3sc(-c4sc(-c5sc(-c6sc(-c7sccc7CCCCCCCC)cc6CCCCCCCC)cc5CCCCCCCC)cc4CCCCCCCC)cc3CCCCCCCC)cc2CCCCCCCC)sc1Cl. The van der Waals surface area contributed by atoms with Gasteiger partial charge >= 0.3 is 0 Å². The van der Waals surface area contributed by atoms with Crippen molar-refractivity contribution in [1.82, 2.24) is 0 Å². The maximum Gasteiger partial charge on any atom is 0.0967 e. The Bertz CT molecular complexity index is 3010. The maximum absolute atomic E-state index is 7.25. The Morgan fingerprint density at radius 1 is 0.217 bits per heavy atom. The van der Waals surface area contributed by atoms with E-state index in [1.54, 1.807) is 57.8 Å². The lowest BCUT2D eigenvalue weighted by molar-refractivity contribution is 0.607. The number of halogens is 1. The second kappa shape index (κ2) is 46.5.